The van der Waals surface area contributed by atoms with E-state index in [0.717, 1.165) is 36.9 Å². The third-order valence-electron chi connectivity index (χ3n) is 4.80. The Hall–Kier alpha value is -1.79. The molecule has 1 aromatic carbocycles. The highest BCUT2D eigenvalue weighted by Gasteiger charge is 2.17. The van der Waals surface area contributed by atoms with Gasteiger partial charge in [-0.1, -0.05) is 12.1 Å². The Morgan fingerprint density at radius 1 is 1.30 bits per heavy atom. The summed E-state index contributed by atoms with van der Waals surface area (Å²) in [6.07, 6.45) is 2.56. The summed E-state index contributed by atoms with van der Waals surface area (Å²) in [6.45, 7) is 10.1. The van der Waals surface area contributed by atoms with Crippen LogP contribution in [-0.4, -0.2) is 64.4 Å². The molecule has 27 heavy (non-hydrogen) atoms. The van der Waals surface area contributed by atoms with E-state index in [9.17, 15) is 0 Å². The minimum absolute atomic E-state index is 0.546. The van der Waals surface area contributed by atoms with E-state index in [-0.39, 0.29) is 0 Å². The lowest BCUT2D eigenvalue weighted by Crippen LogP contribution is -2.43. The van der Waals surface area contributed by atoms with E-state index in [4.69, 9.17) is 14.5 Å². The van der Waals surface area contributed by atoms with E-state index < -0.39 is 0 Å². The van der Waals surface area contributed by atoms with Crippen molar-refractivity contribution in [3.05, 3.63) is 29.3 Å². The van der Waals surface area contributed by atoms with Crippen LogP contribution < -0.4 is 15.4 Å². The molecule has 1 unspecified atom stereocenters. The van der Waals surface area contributed by atoms with Crippen LogP contribution in [0, 0.1) is 12.8 Å². The van der Waals surface area contributed by atoms with Crippen LogP contribution in [0.5, 0.6) is 5.75 Å². The number of hydrogen-bond acceptors (Lipinski definition) is 4. The fourth-order valence-corrected chi connectivity index (χ4v) is 3.35. The molecule has 1 heterocycles. The van der Waals surface area contributed by atoms with Crippen molar-refractivity contribution >= 4 is 5.96 Å². The molecule has 1 aliphatic rings. The van der Waals surface area contributed by atoms with Crippen LogP contribution in [0.1, 0.15) is 30.9 Å². The fraction of sp³-hybridized carbons (Fsp3) is 0.667. The number of hydrogen-bond donors (Lipinski definition) is 2. The van der Waals surface area contributed by atoms with Gasteiger partial charge in [-0.05, 0) is 57.8 Å². The molecule has 0 aromatic heterocycles. The Morgan fingerprint density at radius 3 is 2.89 bits per heavy atom. The lowest BCUT2D eigenvalue weighted by molar-refractivity contribution is 0.145. The SMILES string of the molecule is CCNC(=NCc1ccc(C)cc1OCCOC)NCC1CCCN(C)C1. The molecule has 0 aliphatic carbocycles. The number of benzene rings is 1. The zero-order valence-electron chi connectivity index (χ0n) is 17.4. The summed E-state index contributed by atoms with van der Waals surface area (Å²) in [5.41, 5.74) is 2.27. The van der Waals surface area contributed by atoms with Crippen molar-refractivity contribution < 1.29 is 9.47 Å². The van der Waals surface area contributed by atoms with Gasteiger partial charge in [-0.15, -0.1) is 0 Å². The maximum absolute atomic E-state index is 5.88. The molecule has 1 saturated heterocycles. The van der Waals surface area contributed by atoms with Crippen molar-refractivity contribution in [2.75, 3.05) is 53.6 Å². The van der Waals surface area contributed by atoms with E-state index in [1.165, 1.54) is 24.9 Å². The molecule has 0 saturated carbocycles. The molecule has 1 fully saturated rings. The highest BCUT2D eigenvalue weighted by atomic mass is 16.5. The summed E-state index contributed by atoms with van der Waals surface area (Å²) in [4.78, 5) is 7.19. The third kappa shape index (κ3) is 7.77. The van der Waals surface area contributed by atoms with Gasteiger partial charge in [0.05, 0.1) is 13.2 Å². The van der Waals surface area contributed by atoms with Gasteiger partial charge in [-0.25, -0.2) is 4.99 Å². The fourth-order valence-electron chi connectivity index (χ4n) is 3.35. The van der Waals surface area contributed by atoms with E-state index in [2.05, 4.69) is 54.6 Å². The van der Waals surface area contributed by atoms with Gasteiger partial charge in [-0.3, -0.25) is 0 Å². The predicted molar refractivity (Wildman–Crippen MR) is 112 cm³/mol. The Morgan fingerprint density at radius 2 is 2.15 bits per heavy atom. The number of methoxy groups -OCH3 is 1. The van der Waals surface area contributed by atoms with Crippen molar-refractivity contribution in [1.82, 2.24) is 15.5 Å². The number of guanidine groups is 1. The molecule has 0 spiro atoms. The molecule has 152 valence electrons. The van der Waals surface area contributed by atoms with E-state index in [1.807, 2.05) is 0 Å². The molecule has 2 N–H and O–H groups in total. The largest absolute Gasteiger partial charge is 0.491 e. The van der Waals surface area contributed by atoms with Crippen LogP contribution in [0.3, 0.4) is 0 Å². The third-order valence-corrected chi connectivity index (χ3v) is 4.80. The monoisotopic (exact) mass is 376 g/mol. The number of nitrogens with one attached hydrogen (secondary N) is 2. The Labute approximate surface area is 164 Å². The number of aliphatic imine (C=N–C) groups is 1. The van der Waals surface area contributed by atoms with Crippen molar-refractivity contribution in [2.45, 2.75) is 33.2 Å². The lowest BCUT2D eigenvalue weighted by Gasteiger charge is -2.30. The summed E-state index contributed by atoms with van der Waals surface area (Å²) in [5.74, 6) is 2.44. The average molecular weight is 377 g/mol. The minimum Gasteiger partial charge on any atom is -0.491 e. The van der Waals surface area contributed by atoms with Crippen molar-refractivity contribution in [3.63, 3.8) is 0 Å². The van der Waals surface area contributed by atoms with E-state index in [0.29, 0.717) is 25.7 Å². The molecule has 0 amide bonds. The minimum atomic E-state index is 0.546. The Kier molecular flexibility index (Phi) is 9.42. The topological polar surface area (TPSA) is 58.1 Å². The van der Waals surface area contributed by atoms with E-state index in [1.54, 1.807) is 7.11 Å². The molecular formula is C21H36N4O2. The summed E-state index contributed by atoms with van der Waals surface area (Å²) >= 11 is 0. The van der Waals surface area contributed by atoms with Crippen LogP contribution in [0.4, 0.5) is 0 Å². The van der Waals surface area contributed by atoms with Crippen LogP contribution in [0.15, 0.2) is 23.2 Å². The lowest BCUT2D eigenvalue weighted by atomic mass is 9.99. The van der Waals surface area contributed by atoms with Gasteiger partial charge in [0.2, 0.25) is 0 Å². The van der Waals surface area contributed by atoms with Gasteiger partial charge in [0.15, 0.2) is 5.96 Å². The zero-order chi connectivity index (χ0) is 19.5. The number of piperidine rings is 1. The summed E-state index contributed by atoms with van der Waals surface area (Å²) in [5, 5.41) is 6.87. The molecular weight excluding hydrogens is 340 g/mol. The summed E-state index contributed by atoms with van der Waals surface area (Å²) in [6, 6.07) is 6.27. The van der Waals surface area contributed by atoms with Crippen LogP contribution in [0.25, 0.3) is 0 Å². The number of ether oxygens (including phenoxy) is 2. The zero-order valence-corrected chi connectivity index (χ0v) is 17.4. The molecule has 2 rings (SSSR count). The first kappa shape index (κ1) is 21.5. The predicted octanol–water partition coefficient (Wildman–Crippen LogP) is 2.42. The van der Waals surface area contributed by atoms with Gasteiger partial charge >= 0.3 is 0 Å². The van der Waals surface area contributed by atoms with Gasteiger partial charge in [0, 0.05) is 32.3 Å². The molecule has 1 aliphatic heterocycles. The standard InChI is InChI=1S/C21H36N4O2/c1-5-22-21(23-14-18-7-6-10-25(3)16-18)24-15-19-9-8-17(2)13-20(19)27-12-11-26-4/h8-9,13,18H,5-7,10-12,14-16H2,1-4H3,(H2,22,23,24). The van der Waals surface area contributed by atoms with Crippen LogP contribution >= 0.6 is 0 Å². The summed E-state index contributed by atoms with van der Waals surface area (Å²) < 4.78 is 11.0. The quantitative estimate of drug-likeness (QED) is 0.394. The molecule has 6 nitrogen and oxygen atoms in total. The molecule has 0 radical (unpaired) electrons. The molecule has 1 atom stereocenters. The van der Waals surface area contributed by atoms with Gasteiger partial charge < -0.3 is 25.0 Å². The molecule has 1 aromatic rings. The maximum atomic E-state index is 5.88. The first-order valence-corrected chi connectivity index (χ1v) is 10.0. The highest BCUT2D eigenvalue weighted by molar-refractivity contribution is 5.79. The molecule has 0 bridgehead atoms. The summed E-state index contributed by atoms with van der Waals surface area (Å²) in [7, 11) is 3.89. The van der Waals surface area contributed by atoms with Crippen LogP contribution in [-0.2, 0) is 11.3 Å². The van der Waals surface area contributed by atoms with Crippen molar-refractivity contribution in [1.29, 1.82) is 0 Å². The maximum Gasteiger partial charge on any atom is 0.191 e. The van der Waals surface area contributed by atoms with Crippen molar-refractivity contribution in [3.8, 4) is 5.75 Å². The second kappa shape index (κ2) is 11.8. The second-order valence-electron chi connectivity index (χ2n) is 7.30. The number of aryl methyl sites for hydroxylation is 1. The number of rotatable bonds is 9. The molecule has 6 heteroatoms. The van der Waals surface area contributed by atoms with Gasteiger partial charge in [0.1, 0.15) is 12.4 Å². The second-order valence-corrected chi connectivity index (χ2v) is 7.30. The van der Waals surface area contributed by atoms with E-state index >= 15 is 0 Å². The van der Waals surface area contributed by atoms with Gasteiger partial charge in [0.25, 0.3) is 0 Å². The number of likely N-dealkylation sites (tertiary alicyclic amines) is 1. The Bertz CT molecular complexity index is 592. The highest BCUT2D eigenvalue weighted by Crippen LogP contribution is 2.21. The van der Waals surface area contributed by atoms with Gasteiger partial charge in [-0.2, -0.15) is 0 Å². The first-order valence-electron chi connectivity index (χ1n) is 10.0. The normalized spacial score (nSPS) is 18.4. The first-order chi connectivity index (χ1) is 13.1. The number of nitrogens with zero attached hydrogens (tertiary/aromatic N) is 2. The Balaban J connectivity index is 1.96. The van der Waals surface area contributed by atoms with Crippen LogP contribution in [0.2, 0.25) is 0 Å². The van der Waals surface area contributed by atoms with Crippen molar-refractivity contribution in [2.24, 2.45) is 10.9 Å². The smallest absolute Gasteiger partial charge is 0.191 e. The average Bonchev–Trinajstić information content (AvgIpc) is 2.65.